The molecule has 1 unspecified atom stereocenters. The Hall–Kier alpha value is -3.40. The summed E-state index contributed by atoms with van der Waals surface area (Å²) in [4.78, 5) is 32.0. The van der Waals surface area contributed by atoms with Crippen molar-refractivity contribution in [3.63, 3.8) is 0 Å². The van der Waals surface area contributed by atoms with E-state index in [2.05, 4.69) is 20.5 Å². The van der Waals surface area contributed by atoms with Crippen molar-refractivity contribution in [2.45, 2.75) is 26.3 Å². The summed E-state index contributed by atoms with van der Waals surface area (Å²) in [5.41, 5.74) is 2.15. The SMILES string of the molecule is CCOC(=O)C1=C(C)N=C2SCCCN2C1c1cccc(NC(=O)Nc2ccc(F)cc2F)c1. The van der Waals surface area contributed by atoms with E-state index in [1.165, 1.54) is 0 Å². The molecule has 4 rings (SSSR count). The van der Waals surface area contributed by atoms with Crippen LogP contribution in [0.15, 0.2) is 58.7 Å². The van der Waals surface area contributed by atoms with Crippen molar-refractivity contribution in [3.8, 4) is 0 Å². The van der Waals surface area contributed by atoms with E-state index in [1.807, 2.05) is 6.07 Å². The van der Waals surface area contributed by atoms with Crippen LogP contribution >= 0.6 is 11.8 Å². The van der Waals surface area contributed by atoms with E-state index in [9.17, 15) is 18.4 Å². The number of amides is 2. The van der Waals surface area contributed by atoms with Gasteiger partial charge in [-0.1, -0.05) is 23.9 Å². The largest absolute Gasteiger partial charge is 0.463 e. The van der Waals surface area contributed by atoms with Crippen molar-refractivity contribution in [3.05, 3.63) is 70.9 Å². The molecule has 2 aliphatic rings. The fourth-order valence-electron chi connectivity index (χ4n) is 3.95. The zero-order chi connectivity index (χ0) is 24.2. The smallest absolute Gasteiger partial charge is 0.338 e. The first-order chi connectivity index (χ1) is 16.4. The first kappa shape index (κ1) is 23.7. The number of amidine groups is 1. The molecular weight excluding hydrogens is 462 g/mol. The van der Waals surface area contributed by atoms with Gasteiger partial charge < -0.3 is 20.3 Å². The van der Waals surface area contributed by atoms with Crippen LogP contribution in [0, 0.1) is 11.6 Å². The van der Waals surface area contributed by atoms with Crippen LogP contribution in [0.4, 0.5) is 25.0 Å². The molecule has 7 nitrogen and oxygen atoms in total. The lowest BCUT2D eigenvalue weighted by Gasteiger charge is -2.40. The van der Waals surface area contributed by atoms with Crippen molar-refractivity contribution >= 4 is 40.3 Å². The zero-order valence-corrected chi connectivity index (χ0v) is 19.5. The van der Waals surface area contributed by atoms with Gasteiger partial charge in [-0.15, -0.1) is 0 Å². The number of halogens is 2. The van der Waals surface area contributed by atoms with Crippen molar-refractivity contribution < 1.29 is 23.1 Å². The van der Waals surface area contributed by atoms with Crippen LogP contribution in [0.2, 0.25) is 0 Å². The fourth-order valence-corrected chi connectivity index (χ4v) is 4.97. The minimum atomic E-state index is -0.875. The molecule has 0 bridgehead atoms. The predicted octanol–water partition coefficient (Wildman–Crippen LogP) is 5.30. The summed E-state index contributed by atoms with van der Waals surface area (Å²) in [6.45, 7) is 4.53. The van der Waals surface area contributed by atoms with E-state index in [4.69, 9.17) is 4.74 Å². The molecule has 2 aromatic carbocycles. The summed E-state index contributed by atoms with van der Waals surface area (Å²) in [6.07, 6.45) is 0.943. The van der Waals surface area contributed by atoms with Crippen LogP contribution in [0.1, 0.15) is 31.9 Å². The summed E-state index contributed by atoms with van der Waals surface area (Å²) in [5.74, 6) is -1.08. The maximum absolute atomic E-state index is 13.9. The third-order valence-electron chi connectivity index (χ3n) is 5.39. The Morgan fingerprint density at radius 3 is 2.79 bits per heavy atom. The third kappa shape index (κ3) is 5.06. The fraction of sp³-hybridized carbons (Fsp3) is 0.292. The Labute approximate surface area is 200 Å². The molecule has 2 amide bonds. The van der Waals surface area contributed by atoms with Crippen LogP contribution in [0.3, 0.4) is 0 Å². The Morgan fingerprint density at radius 2 is 2.03 bits per heavy atom. The second-order valence-corrected chi connectivity index (χ2v) is 8.80. The summed E-state index contributed by atoms with van der Waals surface area (Å²) >= 11 is 1.64. The van der Waals surface area contributed by atoms with Gasteiger partial charge in [-0.05, 0) is 50.1 Å². The zero-order valence-electron chi connectivity index (χ0n) is 18.7. The van der Waals surface area contributed by atoms with Gasteiger partial charge in [0.25, 0.3) is 0 Å². The number of anilines is 2. The summed E-state index contributed by atoms with van der Waals surface area (Å²) in [7, 11) is 0. The van der Waals surface area contributed by atoms with Gasteiger partial charge in [-0.3, -0.25) is 0 Å². The molecule has 1 saturated heterocycles. The van der Waals surface area contributed by atoms with E-state index in [1.54, 1.807) is 43.8 Å². The van der Waals surface area contributed by atoms with Crippen LogP contribution in [0.25, 0.3) is 0 Å². The minimum Gasteiger partial charge on any atom is -0.463 e. The van der Waals surface area contributed by atoms with E-state index in [0.29, 0.717) is 23.0 Å². The Balaban J connectivity index is 1.61. The first-order valence-electron chi connectivity index (χ1n) is 10.9. The van der Waals surface area contributed by atoms with Crippen molar-refractivity contribution in [2.24, 2.45) is 4.99 Å². The van der Waals surface area contributed by atoms with Gasteiger partial charge in [-0.2, -0.15) is 0 Å². The van der Waals surface area contributed by atoms with Gasteiger partial charge in [0.1, 0.15) is 11.6 Å². The molecular formula is C24H24F2N4O3S. The summed E-state index contributed by atoms with van der Waals surface area (Å²) < 4.78 is 32.3. The van der Waals surface area contributed by atoms with E-state index < -0.39 is 29.7 Å². The Bertz CT molecular complexity index is 1180. The van der Waals surface area contributed by atoms with Gasteiger partial charge in [0.05, 0.1) is 29.6 Å². The number of nitrogens with one attached hydrogen (secondary N) is 2. The number of aliphatic imine (C=N–C) groups is 1. The predicted molar refractivity (Wildman–Crippen MR) is 129 cm³/mol. The van der Waals surface area contributed by atoms with Gasteiger partial charge >= 0.3 is 12.0 Å². The van der Waals surface area contributed by atoms with Crippen LogP contribution in [-0.4, -0.2) is 41.0 Å². The number of rotatable bonds is 5. The van der Waals surface area contributed by atoms with E-state index in [0.717, 1.165) is 41.6 Å². The number of nitrogens with zero attached hydrogens (tertiary/aromatic N) is 2. The second kappa shape index (κ2) is 10.3. The molecule has 2 aliphatic heterocycles. The summed E-state index contributed by atoms with van der Waals surface area (Å²) in [5, 5.41) is 5.89. The number of esters is 1. The monoisotopic (exact) mass is 486 g/mol. The number of carbonyl (C=O) groups is 2. The highest BCUT2D eigenvalue weighted by Crippen LogP contribution is 2.40. The van der Waals surface area contributed by atoms with Crippen LogP contribution < -0.4 is 10.6 Å². The number of hydrogen-bond donors (Lipinski definition) is 2. The molecule has 10 heteroatoms. The lowest BCUT2D eigenvalue weighted by molar-refractivity contribution is -0.139. The van der Waals surface area contributed by atoms with Crippen molar-refractivity contribution in [1.82, 2.24) is 4.90 Å². The standard InChI is InChI=1S/C24H24F2N4O3S/c1-3-33-22(31)20-14(2)27-24-30(10-5-11-34-24)21(20)15-6-4-7-17(12-15)28-23(32)29-19-9-8-16(25)13-18(19)26/h4,6-9,12-13,21H,3,5,10-11H2,1-2H3,(H2,28,29,32). The molecule has 2 N–H and O–H groups in total. The number of thioether (sulfide) groups is 1. The highest BCUT2D eigenvalue weighted by Gasteiger charge is 2.37. The van der Waals surface area contributed by atoms with Crippen LogP contribution in [0.5, 0.6) is 0 Å². The van der Waals surface area contributed by atoms with Gasteiger partial charge in [-0.25, -0.2) is 23.4 Å². The number of urea groups is 1. The Kier molecular flexibility index (Phi) is 7.16. The average molecular weight is 487 g/mol. The maximum Gasteiger partial charge on any atom is 0.338 e. The molecule has 0 spiro atoms. The van der Waals surface area contributed by atoms with Gasteiger partial charge in [0.2, 0.25) is 0 Å². The van der Waals surface area contributed by atoms with Crippen molar-refractivity contribution in [1.29, 1.82) is 0 Å². The third-order valence-corrected chi connectivity index (χ3v) is 6.47. The lowest BCUT2D eigenvalue weighted by Crippen LogP contribution is -2.42. The lowest BCUT2D eigenvalue weighted by atomic mass is 9.94. The maximum atomic E-state index is 13.9. The van der Waals surface area contributed by atoms with Crippen molar-refractivity contribution in [2.75, 3.05) is 29.5 Å². The van der Waals surface area contributed by atoms with Gasteiger partial charge in [0.15, 0.2) is 5.17 Å². The first-order valence-corrected chi connectivity index (χ1v) is 11.8. The molecule has 1 atom stereocenters. The molecule has 0 aliphatic carbocycles. The molecule has 0 aromatic heterocycles. The molecule has 1 fully saturated rings. The van der Waals surface area contributed by atoms with Crippen LogP contribution in [-0.2, 0) is 9.53 Å². The molecule has 2 heterocycles. The average Bonchev–Trinajstić information content (AvgIpc) is 2.80. The van der Waals surface area contributed by atoms with E-state index >= 15 is 0 Å². The highest BCUT2D eigenvalue weighted by atomic mass is 32.2. The number of hydrogen-bond acceptors (Lipinski definition) is 6. The second-order valence-electron chi connectivity index (χ2n) is 7.74. The topological polar surface area (TPSA) is 83.0 Å². The minimum absolute atomic E-state index is 0.142. The number of allylic oxidation sites excluding steroid dienone is 1. The number of benzene rings is 2. The number of carbonyl (C=O) groups excluding carboxylic acids is 2. The molecule has 34 heavy (non-hydrogen) atoms. The molecule has 0 radical (unpaired) electrons. The quantitative estimate of drug-likeness (QED) is 0.561. The number of fused-ring (bicyclic) bond motifs is 1. The number of ether oxygens (including phenoxy) is 1. The molecule has 2 aromatic rings. The van der Waals surface area contributed by atoms with Gasteiger partial charge in [0, 0.05) is 24.1 Å². The molecule has 178 valence electrons. The normalized spacial score (nSPS) is 17.6. The Morgan fingerprint density at radius 1 is 1.21 bits per heavy atom. The summed E-state index contributed by atoms with van der Waals surface area (Å²) in [6, 6.07) is 8.90. The molecule has 0 saturated carbocycles. The van der Waals surface area contributed by atoms with E-state index in [-0.39, 0.29) is 12.3 Å². The highest BCUT2D eigenvalue weighted by molar-refractivity contribution is 8.13.